The Kier molecular flexibility index (Phi) is 25.0. The lowest BCUT2D eigenvalue weighted by atomic mass is 10.0. The highest BCUT2D eigenvalue weighted by atomic mass is 15.4. The molecular formula is C35H70N2. The first kappa shape index (κ1) is 34.4. The lowest BCUT2D eigenvalue weighted by molar-refractivity contribution is 0.136. The van der Waals surface area contributed by atoms with Crippen LogP contribution in [0.1, 0.15) is 194 Å². The summed E-state index contributed by atoms with van der Waals surface area (Å²) in [7, 11) is 0. The Morgan fingerprint density at radius 2 is 0.622 bits per heavy atom. The lowest BCUT2D eigenvalue weighted by Crippen LogP contribution is -2.39. The molecule has 0 N–H and O–H groups in total. The van der Waals surface area contributed by atoms with Crippen LogP contribution in [-0.2, 0) is 0 Å². The molecule has 0 bridgehead atoms. The van der Waals surface area contributed by atoms with Crippen molar-refractivity contribution >= 4 is 0 Å². The van der Waals surface area contributed by atoms with E-state index in [0.717, 1.165) is 0 Å². The molecule has 220 valence electrons. The van der Waals surface area contributed by atoms with Crippen LogP contribution in [-0.4, -0.2) is 29.1 Å². The van der Waals surface area contributed by atoms with E-state index >= 15 is 0 Å². The van der Waals surface area contributed by atoms with Crippen LogP contribution in [0.25, 0.3) is 0 Å². The highest BCUT2D eigenvalue weighted by Gasteiger charge is 2.24. The smallest absolute Gasteiger partial charge is 0.101 e. The minimum Gasteiger partial charge on any atom is -0.356 e. The molecule has 0 aliphatic carbocycles. The molecule has 37 heavy (non-hydrogen) atoms. The van der Waals surface area contributed by atoms with Gasteiger partial charge in [-0.25, -0.2) is 0 Å². The molecule has 1 rings (SSSR count). The zero-order valence-electron chi connectivity index (χ0n) is 26.1. The first-order chi connectivity index (χ1) is 18.3. The van der Waals surface area contributed by atoms with Gasteiger partial charge in [-0.1, -0.05) is 168 Å². The Morgan fingerprint density at radius 1 is 0.351 bits per heavy atom. The Balaban J connectivity index is 2.03. The van der Waals surface area contributed by atoms with Crippen LogP contribution in [0.4, 0.5) is 0 Å². The largest absolute Gasteiger partial charge is 0.356 e. The maximum Gasteiger partial charge on any atom is 0.101 e. The standard InChI is InChI=1S/C35H70N2/c1-4-7-10-12-14-16-18-19-21-23-25-27-29-32-37-34-33-36(35(37)30-9-6-3)31-28-26-24-22-20-17-15-13-11-8-5-2/h33-35H,4-32H2,1-3H3. The highest BCUT2D eigenvalue weighted by Crippen LogP contribution is 2.23. The third-order valence-electron chi connectivity index (χ3n) is 8.57. The predicted molar refractivity (Wildman–Crippen MR) is 168 cm³/mol. The van der Waals surface area contributed by atoms with E-state index in [-0.39, 0.29) is 0 Å². The van der Waals surface area contributed by atoms with E-state index < -0.39 is 0 Å². The van der Waals surface area contributed by atoms with Crippen molar-refractivity contribution in [2.75, 3.05) is 13.1 Å². The third kappa shape index (κ3) is 20.0. The molecule has 2 nitrogen and oxygen atoms in total. The molecule has 1 heterocycles. The molecule has 1 aliphatic heterocycles. The Bertz CT molecular complexity index is 474. The van der Waals surface area contributed by atoms with Crippen molar-refractivity contribution in [1.29, 1.82) is 0 Å². The van der Waals surface area contributed by atoms with Crippen LogP contribution in [0.2, 0.25) is 0 Å². The molecule has 0 aromatic carbocycles. The van der Waals surface area contributed by atoms with Crippen molar-refractivity contribution in [3.8, 4) is 0 Å². The molecule has 0 aromatic heterocycles. The molecule has 0 fully saturated rings. The molecular weight excluding hydrogens is 448 g/mol. The van der Waals surface area contributed by atoms with Gasteiger partial charge in [-0.15, -0.1) is 0 Å². The zero-order chi connectivity index (χ0) is 26.7. The Morgan fingerprint density at radius 3 is 0.919 bits per heavy atom. The Labute approximate surface area is 235 Å². The summed E-state index contributed by atoms with van der Waals surface area (Å²) in [6.45, 7) is 9.48. The first-order valence-corrected chi connectivity index (χ1v) is 17.5. The van der Waals surface area contributed by atoms with Crippen LogP contribution in [0, 0.1) is 0 Å². The fraction of sp³-hybridized carbons (Fsp3) is 0.943. The molecule has 0 saturated heterocycles. The van der Waals surface area contributed by atoms with Gasteiger partial charge >= 0.3 is 0 Å². The molecule has 1 unspecified atom stereocenters. The fourth-order valence-corrected chi connectivity index (χ4v) is 6.00. The van der Waals surface area contributed by atoms with Crippen LogP contribution in [0.5, 0.6) is 0 Å². The van der Waals surface area contributed by atoms with Crippen molar-refractivity contribution in [3.63, 3.8) is 0 Å². The maximum atomic E-state index is 2.67. The third-order valence-corrected chi connectivity index (χ3v) is 8.57. The first-order valence-electron chi connectivity index (χ1n) is 17.5. The van der Waals surface area contributed by atoms with Crippen LogP contribution < -0.4 is 0 Å². The van der Waals surface area contributed by atoms with E-state index in [4.69, 9.17) is 0 Å². The zero-order valence-corrected chi connectivity index (χ0v) is 26.1. The molecule has 0 aromatic rings. The lowest BCUT2D eigenvalue weighted by Gasteiger charge is -2.33. The number of rotatable bonds is 29. The normalized spacial score (nSPS) is 15.4. The van der Waals surface area contributed by atoms with E-state index in [2.05, 4.69) is 43.0 Å². The highest BCUT2D eigenvalue weighted by molar-refractivity contribution is 4.96. The average Bonchev–Trinajstić information content (AvgIpc) is 3.29. The SMILES string of the molecule is CCCCCCCCCCCCCCCN1C=CN(CCCCCCCCCCCCC)C1CCCC. The van der Waals surface area contributed by atoms with Gasteiger partial charge in [-0.05, 0) is 25.7 Å². The van der Waals surface area contributed by atoms with E-state index in [9.17, 15) is 0 Å². The van der Waals surface area contributed by atoms with Crippen LogP contribution >= 0.6 is 0 Å². The second kappa shape index (κ2) is 26.9. The van der Waals surface area contributed by atoms with Crippen molar-refractivity contribution in [1.82, 2.24) is 9.80 Å². The summed E-state index contributed by atoms with van der Waals surface area (Å²) >= 11 is 0. The summed E-state index contributed by atoms with van der Waals surface area (Å²) in [5.74, 6) is 0. The van der Waals surface area contributed by atoms with E-state index in [1.165, 1.54) is 186 Å². The van der Waals surface area contributed by atoms with Gasteiger partial charge in [-0.2, -0.15) is 0 Å². The van der Waals surface area contributed by atoms with Gasteiger partial charge in [0.1, 0.15) is 6.17 Å². The van der Waals surface area contributed by atoms with Crippen LogP contribution in [0.15, 0.2) is 12.4 Å². The monoisotopic (exact) mass is 519 g/mol. The molecule has 0 amide bonds. The van der Waals surface area contributed by atoms with Crippen molar-refractivity contribution in [3.05, 3.63) is 12.4 Å². The van der Waals surface area contributed by atoms with Crippen molar-refractivity contribution in [2.24, 2.45) is 0 Å². The number of unbranched alkanes of at least 4 members (excludes halogenated alkanes) is 23. The molecule has 0 radical (unpaired) electrons. The number of hydrogen-bond acceptors (Lipinski definition) is 2. The maximum absolute atomic E-state index is 2.67. The Hall–Kier alpha value is -0.660. The number of nitrogens with zero attached hydrogens (tertiary/aromatic N) is 2. The molecule has 1 atom stereocenters. The van der Waals surface area contributed by atoms with Gasteiger partial charge in [0.05, 0.1) is 0 Å². The van der Waals surface area contributed by atoms with Crippen LogP contribution in [0.3, 0.4) is 0 Å². The quantitative estimate of drug-likeness (QED) is 0.0908. The molecule has 2 heteroatoms. The van der Waals surface area contributed by atoms with Gasteiger partial charge in [-0.3, -0.25) is 0 Å². The minimum absolute atomic E-state index is 0.639. The van der Waals surface area contributed by atoms with E-state index in [0.29, 0.717) is 6.17 Å². The number of hydrogen-bond donors (Lipinski definition) is 0. The summed E-state index contributed by atoms with van der Waals surface area (Å²) < 4.78 is 0. The van der Waals surface area contributed by atoms with Gasteiger partial charge in [0.15, 0.2) is 0 Å². The molecule has 0 saturated carbocycles. The van der Waals surface area contributed by atoms with Gasteiger partial charge in [0, 0.05) is 25.5 Å². The predicted octanol–water partition coefficient (Wildman–Crippen LogP) is 12.0. The summed E-state index contributed by atoms with van der Waals surface area (Å²) in [6.07, 6.45) is 44.0. The fourth-order valence-electron chi connectivity index (χ4n) is 6.00. The molecule has 1 aliphatic rings. The van der Waals surface area contributed by atoms with Gasteiger partial charge in [0.25, 0.3) is 0 Å². The van der Waals surface area contributed by atoms with Gasteiger partial charge < -0.3 is 9.80 Å². The second-order valence-corrected chi connectivity index (χ2v) is 12.2. The summed E-state index contributed by atoms with van der Waals surface area (Å²) in [6, 6.07) is 0. The van der Waals surface area contributed by atoms with Gasteiger partial charge in [0.2, 0.25) is 0 Å². The summed E-state index contributed by atoms with van der Waals surface area (Å²) in [5.41, 5.74) is 0. The van der Waals surface area contributed by atoms with Crippen molar-refractivity contribution < 1.29 is 0 Å². The van der Waals surface area contributed by atoms with E-state index in [1.54, 1.807) is 0 Å². The second-order valence-electron chi connectivity index (χ2n) is 12.2. The summed E-state index contributed by atoms with van der Waals surface area (Å²) in [4.78, 5) is 5.35. The summed E-state index contributed by atoms with van der Waals surface area (Å²) in [5, 5.41) is 0. The average molecular weight is 519 g/mol. The molecule has 0 spiro atoms. The topological polar surface area (TPSA) is 6.48 Å². The van der Waals surface area contributed by atoms with Crippen molar-refractivity contribution in [2.45, 2.75) is 200 Å². The minimum atomic E-state index is 0.639. The van der Waals surface area contributed by atoms with E-state index in [1.807, 2.05) is 0 Å².